The largest absolute Gasteiger partial charge is 0.313 e. The molecule has 12 heavy (non-hydrogen) atoms. The van der Waals surface area contributed by atoms with Crippen LogP contribution in [0, 0.1) is 0 Å². The van der Waals surface area contributed by atoms with Crippen molar-refractivity contribution in [3.05, 3.63) is 0 Å². The lowest BCUT2D eigenvalue weighted by atomic mass is 10.1. The molecule has 72 valence electrons. The summed E-state index contributed by atoms with van der Waals surface area (Å²) >= 11 is 0. The van der Waals surface area contributed by atoms with Crippen molar-refractivity contribution in [2.24, 2.45) is 0 Å². The molecule has 0 spiro atoms. The van der Waals surface area contributed by atoms with E-state index in [4.69, 9.17) is 0 Å². The molecule has 0 unspecified atom stereocenters. The molecule has 0 radical (unpaired) electrons. The van der Waals surface area contributed by atoms with Gasteiger partial charge in [-0.1, -0.05) is 6.42 Å². The van der Waals surface area contributed by atoms with Gasteiger partial charge in [0, 0.05) is 12.6 Å². The van der Waals surface area contributed by atoms with Gasteiger partial charge in [-0.05, 0) is 19.4 Å². The van der Waals surface area contributed by atoms with Gasteiger partial charge in [0.05, 0.1) is 6.26 Å². The van der Waals surface area contributed by atoms with Crippen LogP contribution in [0.4, 0.5) is 0 Å². The van der Waals surface area contributed by atoms with Crippen molar-refractivity contribution in [2.45, 2.75) is 25.3 Å². The molecule has 1 aliphatic rings. The maximum Gasteiger partial charge on any atom is 0.208 e. The Morgan fingerprint density at radius 1 is 1.50 bits per heavy atom. The Kier molecular flexibility index (Phi) is 3.49. The second-order valence-electron chi connectivity index (χ2n) is 3.27. The van der Waals surface area contributed by atoms with Crippen LogP contribution in [0.1, 0.15) is 19.3 Å². The van der Waals surface area contributed by atoms with Gasteiger partial charge in [-0.3, -0.25) is 0 Å². The van der Waals surface area contributed by atoms with E-state index in [2.05, 4.69) is 10.0 Å². The zero-order valence-corrected chi connectivity index (χ0v) is 8.15. The van der Waals surface area contributed by atoms with E-state index in [-0.39, 0.29) is 0 Å². The summed E-state index contributed by atoms with van der Waals surface area (Å²) in [6, 6.07) is 0.327. The highest BCUT2D eigenvalue weighted by atomic mass is 32.2. The summed E-state index contributed by atoms with van der Waals surface area (Å²) in [6.45, 7) is 1.54. The van der Waals surface area contributed by atoms with Crippen LogP contribution in [0.2, 0.25) is 0 Å². The average Bonchev–Trinajstić information content (AvgIpc) is 2.02. The second-order valence-corrected chi connectivity index (χ2v) is 5.10. The number of sulfonamides is 1. The molecule has 1 heterocycles. The smallest absolute Gasteiger partial charge is 0.208 e. The van der Waals surface area contributed by atoms with Gasteiger partial charge in [0.1, 0.15) is 0 Å². The molecule has 5 heteroatoms. The molecule has 0 amide bonds. The summed E-state index contributed by atoms with van der Waals surface area (Å²) in [5, 5.41) is 3.26. The Morgan fingerprint density at radius 2 is 2.25 bits per heavy atom. The maximum atomic E-state index is 10.7. The molecule has 0 aromatic rings. The minimum absolute atomic E-state index is 0.327. The number of nitrogens with one attached hydrogen (secondary N) is 2. The minimum atomic E-state index is -3.01. The molecule has 1 atom stereocenters. The van der Waals surface area contributed by atoms with E-state index in [0.717, 1.165) is 13.0 Å². The summed E-state index contributed by atoms with van der Waals surface area (Å²) in [5.41, 5.74) is 0. The predicted octanol–water partition coefficient (Wildman–Crippen LogP) is -0.322. The average molecular weight is 192 g/mol. The number of rotatable bonds is 3. The Hall–Kier alpha value is -0.130. The number of hydrogen-bond donors (Lipinski definition) is 2. The van der Waals surface area contributed by atoms with Gasteiger partial charge < -0.3 is 5.32 Å². The summed E-state index contributed by atoms with van der Waals surface area (Å²) in [4.78, 5) is 0. The second kappa shape index (κ2) is 4.20. The molecular formula is C7H16N2O2S. The van der Waals surface area contributed by atoms with Crippen LogP contribution < -0.4 is 10.0 Å². The van der Waals surface area contributed by atoms with Crippen molar-refractivity contribution in [3.63, 3.8) is 0 Å². The molecule has 1 saturated heterocycles. The number of piperidine rings is 1. The third kappa shape index (κ3) is 4.04. The predicted molar refractivity (Wildman–Crippen MR) is 48.5 cm³/mol. The van der Waals surface area contributed by atoms with E-state index in [1.54, 1.807) is 0 Å². The molecule has 0 saturated carbocycles. The van der Waals surface area contributed by atoms with Crippen molar-refractivity contribution in [1.82, 2.24) is 10.0 Å². The zero-order valence-electron chi connectivity index (χ0n) is 7.34. The fourth-order valence-corrected chi connectivity index (χ4v) is 1.85. The van der Waals surface area contributed by atoms with Crippen LogP contribution in [0.25, 0.3) is 0 Å². The third-order valence-corrected chi connectivity index (χ3v) is 2.70. The molecule has 2 N–H and O–H groups in total. The molecule has 0 bridgehead atoms. The monoisotopic (exact) mass is 192 g/mol. The topological polar surface area (TPSA) is 58.2 Å². The first-order chi connectivity index (χ1) is 5.58. The fraction of sp³-hybridized carbons (Fsp3) is 1.00. The van der Waals surface area contributed by atoms with E-state index in [9.17, 15) is 8.42 Å². The van der Waals surface area contributed by atoms with Gasteiger partial charge in [0.2, 0.25) is 10.0 Å². The van der Waals surface area contributed by atoms with Crippen LogP contribution in [-0.2, 0) is 10.0 Å². The van der Waals surface area contributed by atoms with Gasteiger partial charge in [-0.15, -0.1) is 0 Å². The molecule has 1 rings (SSSR count). The highest BCUT2D eigenvalue weighted by molar-refractivity contribution is 7.88. The van der Waals surface area contributed by atoms with Crippen molar-refractivity contribution in [2.75, 3.05) is 19.3 Å². The quantitative estimate of drug-likeness (QED) is 0.644. The molecule has 1 fully saturated rings. The van der Waals surface area contributed by atoms with Crippen molar-refractivity contribution in [1.29, 1.82) is 0 Å². The Labute approximate surface area is 73.8 Å². The van der Waals surface area contributed by atoms with E-state index in [1.165, 1.54) is 19.1 Å². The molecular weight excluding hydrogens is 176 g/mol. The third-order valence-electron chi connectivity index (χ3n) is 2.00. The van der Waals surface area contributed by atoms with Crippen molar-refractivity contribution in [3.8, 4) is 0 Å². The maximum absolute atomic E-state index is 10.7. The number of hydrogen-bond acceptors (Lipinski definition) is 3. The lowest BCUT2D eigenvalue weighted by Gasteiger charge is -2.23. The zero-order chi connectivity index (χ0) is 9.03. The SMILES string of the molecule is CS(=O)(=O)NC[C@H]1CCCCN1. The molecule has 0 aliphatic carbocycles. The summed E-state index contributed by atoms with van der Waals surface area (Å²) in [7, 11) is -3.01. The normalized spacial score (nSPS) is 25.6. The van der Waals surface area contributed by atoms with E-state index >= 15 is 0 Å². The molecule has 4 nitrogen and oxygen atoms in total. The first-order valence-electron chi connectivity index (χ1n) is 4.26. The lowest BCUT2D eigenvalue weighted by molar-refractivity contribution is 0.398. The summed E-state index contributed by atoms with van der Waals surface area (Å²) < 4.78 is 24.0. The van der Waals surface area contributed by atoms with E-state index in [0.29, 0.717) is 12.6 Å². The Balaban J connectivity index is 2.22. The van der Waals surface area contributed by atoms with Crippen molar-refractivity contribution < 1.29 is 8.42 Å². The van der Waals surface area contributed by atoms with E-state index in [1.807, 2.05) is 0 Å². The van der Waals surface area contributed by atoms with Crippen LogP contribution in [0.15, 0.2) is 0 Å². The molecule has 0 aromatic carbocycles. The van der Waals surface area contributed by atoms with Crippen LogP contribution >= 0.6 is 0 Å². The van der Waals surface area contributed by atoms with Gasteiger partial charge >= 0.3 is 0 Å². The molecule has 0 aromatic heterocycles. The Morgan fingerprint density at radius 3 is 2.75 bits per heavy atom. The molecule has 1 aliphatic heterocycles. The van der Waals surface area contributed by atoms with Gasteiger partial charge in [-0.2, -0.15) is 0 Å². The van der Waals surface area contributed by atoms with Crippen LogP contribution in [0.5, 0.6) is 0 Å². The summed E-state index contributed by atoms with van der Waals surface area (Å²) in [6.07, 6.45) is 4.66. The van der Waals surface area contributed by atoms with Gasteiger partial charge in [-0.25, -0.2) is 13.1 Å². The van der Waals surface area contributed by atoms with Crippen LogP contribution in [0.3, 0.4) is 0 Å². The first-order valence-corrected chi connectivity index (χ1v) is 6.15. The van der Waals surface area contributed by atoms with Crippen molar-refractivity contribution >= 4 is 10.0 Å². The highest BCUT2D eigenvalue weighted by Crippen LogP contribution is 2.05. The van der Waals surface area contributed by atoms with Gasteiger partial charge in [0.15, 0.2) is 0 Å². The Bertz CT molecular complexity index is 220. The minimum Gasteiger partial charge on any atom is -0.313 e. The standard InChI is InChI=1S/C7H16N2O2S/c1-12(10,11)9-6-7-4-2-3-5-8-7/h7-9H,2-6H2,1H3/t7-/m1/s1. The lowest BCUT2D eigenvalue weighted by Crippen LogP contribution is -2.43. The fourth-order valence-electron chi connectivity index (χ4n) is 1.35. The van der Waals surface area contributed by atoms with E-state index < -0.39 is 10.0 Å². The first kappa shape index (κ1) is 9.95. The summed E-state index contributed by atoms with van der Waals surface area (Å²) in [5.74, 6) is 0. The highest BCUT2D eigenvalue weighted by Gasteiger charge is 2.13. The van der Waals surface area contributed by atoms with Gasteiger partial charge in [0.25, 0.3) is 0 Å². The van der Waals surface area contributed by atoms with Crippen LogP contribution in [-0.4, -0.2) is 33.8 Å².